The van der Waals surface area contributed by atoms with Crippen molar-refractivity contribution in [3.05, 3.63) is 12.7 Å². The minimum Gasteiger partial charge on any atom is -0.396 e. The molecule has 22 heavy (non-hydrogen) atoms. The molecule has 0 aliphatic heterocycles. The monoisotopic (exact) mass is 306 g/mol. The van der Waals surface area contributed by atoms with E-state index in [1.807, 2.05) is 0 Å². The molecule has 2 heteroatoms. The molecule has 3 rings (SSSR count). The molecule has 3 saturated carbocycles. The summed E-state index contributed by atoms with van der Waals surface area (Å²) in [7, 11) is 0. The van der Waals surface area contributed by atoms with Gasteiger partial charge >= 0.3 is 0 Å². The van der Waals surface area contributed by atoms with Gasteiger partial charge in [0.05, 0.1) is 5.60 Å². The number of hydrogen-bond acceptors (Lipinski definition) is 2. The molecule has 0 amide bonds. The number of allylic oxidation sites excluding steroid dienone is 1. The van der Waals surface area contributed by atoms with Gasteiger partial charge in [0, 0.05) is 6.61 Å². The highest BCUT2D eigenvalue weighted by molar-refractivity contribution is 5.14. The summed E-state index contributed by atoms with van der Waals surface area (Å²) in [5, 5.41) is 21.5. The Balaban J connectivity index is 1.94. The van der Waals surface area contributed by atoms with Crippen LogP contribution in [0, 0.1) is 28.1 Å². The van der Waals surface area contributed by atoms with Gasteiger partial charge < -0.3 is 10.2 Å². The smallest absolute Gasteiger partial charge is 0.0689 e. The molecular formula is C20H34O2. The minimum absolute atomic E-state index is 0.0491. The summed E-state index contributed by atoms with van der Waals surface area (Å²) < 4.78 is 0. The summed E-state index contributed by atoms with van der Waals surface area (Å²) in [4.78, 5) is 0. The predicted octanol–water partition coefficient (Wildman–Crippen LogP) is 4.31. The second kappa shape index (κ2) is 5.08. The zero-order chi connectivity index (χ0) is 16.2. The van der Waals surface area contributed by atoms with E-state index in [-0.39, 0.29) is 16.2 Å². The van der Waals surface area contributed by atoms with Crippen LogP contribution in [0.15, 0.2) is 12.7 Å². The van der Waals surface area contributed by atoms with Gasteiger partial charge in [0.2, 0.25) is 0 Å². The van der Waals surface area contributed by atoms with Crippen LogP contribution in [0.25, 0.3) is 0 Å². The number of aliphatic hydroxyl groups is 2. The summed E-state index contributed by atoms with van der Waals surface area (Å²) in [5.74, 6) is 0.940. The van der Waals surface area contributed by atoms with Crippen LogP contribution < -0.4 is 0 Å². The molecule has 6 atom stereocenters. The lowest BCUT2D eigenvalue weighted by molar-refractivity contribution is -0.210. The van der Waals surface area contributed by atoms with Gasteiger partial charge in [0.25, 0.3) is 0 Å². The van der Waals surface area contributed by atoms with E-state index in [1.165, 1.54) is 12.8 Å². The number of aliphatic hydroxyl groups excluding tert-OH is 1. The zero-order valence-corrected chi connectivity index (χ0v) is 14.7. The molecule has 0 aromatic carbocycles. The zero-order valence-electron chi connectivity index (χ0n) is 14.7. The molecule has 0 heterocycles. The van der Waals surface area contributed by atoms with Crippen LogP contribution in [0.2, 0.25) is 0 Å². The van der Waals surface area contributed by atoms with Crippen LogP contribution >= 0.6 is 0 Å². The minimum atomic E-state index is -0.528. The van der Waals surface area contributed by atoms with E-state index in [4.69, 9.17) is 0 Å². The first-order valence-electron chi connectivity index (χ1n) is 9.18. The molecule has 0 bridgehead atoms. The molecule has 3 fully saturated rings. The number of fused-ring (bicyclic) bond motifs is 3. The van der Waals surface area contributed by atoms with Crippen molar-refractivity contribution in [2.45, 2.75) is 77.7 Å². The maximum Gasteiger partial charge on any atom is 0.0689 e. The summed E-state index contributed by atoms with van der Waals surface area (Å²) in [5.41, 5.74) is -0.206. The number of rotatable bonds is 2. The Morgan fingerprint density at radius 2 is 1.73 bits per heavy atom. The van der Waals surface area contributed by atoms with Crippen LogP contribution in [-0.2, 0) is 0 Å². The molecule has 0 radical (unpaired) electrons. The second-order valence-electron chi connectivity index (χ2n) is 9.49. The first-order valence-corrected chi connectivity index (χ1v) is 9.18. The van der Waals surface area contributed by atoms with Gasteiger partial charge in [-0.05, 0) is 73.0 Å². The van der Waals surface area contributed by atoms with Crippen molar-refractivity contribution in [1.82, 2.24) is 0 Å². The fourth-order valence-electron chi connectivity index (χ4n) is 6.73. The van der Waals surface area contributed by atoms with Crippen LogP contribution in [0.1, 0.15) is 72.1 Å². The Kier molecular flexibility index (Phi) is 3.81. The van der Waals surface area contributed by atoms with Gasteiger partial charge in [-0.3, -0.25) is 0 Å². The van der Waals surface area contributed by atoms with Crippen LogP contribution in [0.3, 0.4) is 0 Å². The Bertz CT molecular complexity index is 461. The summed E-state index contributed by atoms with van der Waals surface area (Å²) in [6.45, 7) is 11.2. The Hall–Kier alpha value is -0.340. The maximum atomic E-state index is 11.5. The Labute approximate surface area is 136 Å². The number of hydrogen-bond donors (Lipinski definition) is 2. The highest BCUT2D eigenvalue weighted by Gasteiger charge is 2.62. The van der Waals surface area contributed by atoms with Crippen molar-refractivity contribution in [3.63, 3.8) is 0 Å². The van der Waals surface area contributed by atoms with Crippen LogP contribution in [0.4, 0.5) is 0 Å². The van der Waals surface area contributed by atoms with Gasteiger partial charge in [-0.2, -0.15) is 0 Å². The normalized spacial score (nSPS) is 55.1. The molecule has 2 unspecified atom stereocenters. The Morgan fingerprint density at radius 3 is 2.36 bits per heavy atom. The van der Waals surface area contributed by atoms with Crippen molar-refractivity contribution >= 4 is 0 Å². The topological polar surface area (TPSA) is 40.5 Å². The van der Waals surface area contributed by atoms with Gasteiger partial charge in [-0.15, -0.1) is 6.58 Å². The van der Waals surface area contributed by atoms with Gasteiger partial charge in [-0.1, -0.05) is 33.3 Å². The fourth-order valence-corrected chi connectivity index (χ4v) is 6.73. The average Bonchev–Trinajstić information content (AvgIpc) is 2.46. The van der Waals surface area contributed by atoms with E-state index in [0.29, 0.717) is 18.4 Å². The largest absolute Gasteiger partial charge is 0.396 e. The fraction of sp³-hybridized carbons (Fsp3) is 0.900. The summed E-state index contributed by atoms with van der Waals surface area (Å²) in [6.07, 6.45) is 10.7. The highest BCUT2D eigenvalue weighted by atomic mass is 16.3. The SMILES string of the molecule is C=C[C@@]1(C)CCC2[C@](O)(CCC3[C@](C)(CO)CCC[C@]32C)C1. The van der Waals surface area contributed by atoms with E-state index < -0.39 is 5.60 Å². The molecule has 0 aromatic heterocycles. The first kappa shape index (κ1) is 16.5. The standard InChI is InChI=1S/C20H34O2/c1-5-17(2)11-7-16-19(4)10-6-9-18(3,14-21)15(19)8-12-20(16,22)13-17/h5,15-16,21-22H,1,6-14H2,2-4H3/t15?,16?,17-,18-,19+,20-/m0/s1. The quantitative estimate of drug-likeness (QED) is 0.746. The first-order chi connectivity index (χ1) is 10.2. The third kappa shape index (κ3) is 2.21. The van der Waals surface area contributed by atoms with Crippen LogP contribution in [-0.4, -0.2) is 22.4 Å². The van der Waals surface area contributed by atoms with E-state index >= 15 is 0 Å². The van der Waals surface area contributed by atoms with Crippen LogP contribution in [0.5, 0.6) is 0 Å². The molecule has 0 saturated heterocycles. The lowest BCUT2D eigenvalue weighted by atomic mass is 9.42. The third-order valence-corrected chi connectivity index (χ3v) is 7.98. The maximum absolute atomic E-state index is 11.5. The lowest BCUT2D eigenvalue weighted by Crippen LogP contribution is -2.62. The third-order valence-electron chi connectivity index (χ3n) is 7.98. The Morgan fingerprint density at radius 1 is 1.05 bits per heavy atom. The molecule has 2 nitrogen and oxygen atoms in total. The van der Waals surface area contributed by atoms with E-state index in [1.54, 1.807) is 0 Å². The molecule has 0 aromatic rings. The average molecular weight is 306 g/mol. The van der Waals surface area contributed by atoms with Crippen molar-refractivity contribution in [3.8, 4) is 0 Å². The molecule has 0 spiro atoms. The summed E-state index contributed by atoms with van der Waals surface area (Å²) in [6, 6.07) is 0. The van der Waals surface area contributed by atoms with Gasteiger partial charge in [0.15, 0.2) is 0 Å². The lowest BCUT2D eigenvalue weighted by Gasteiger charge is -2.64. The summed E-state index contributed by atoms with van der Waals surface area (Å²) >= 11 is 0. The molecule has 3 aliphatic rings. The molecule has 126 valence electrons. The highest BCUT2D eigenvalue weighted by Crippen LogP contribution is 2.66. The van der Waals surface area contributed by atoms with Crippen molar-refractivity contribution in [2.24, 2.45) is 28.1 Å². The van der Waals surface area contributed by atoms with Crippen molar-refractivity contribution in [1.29, 1.82) is 0 Å². The van der Waals surface area contributed by atoms with E-state index in [9.17, 15) is 10.2 Å². The van der Waals surface area contributed by atoms with Gasteiger partial charge in [-0.25, -0.2) is 0 Å². The molecule has 3 aliphatic carbocycles. The van der Waals surface area contributed by atoms with Gasteiger partial charge in [0.1, 0.15) is 0 Å². The van der Waals surface area contributed by atoms with E-state index in [0.717, 1.165) is 38.5 Å². The molecular weight excluding hydrogens is 272 g/mol. The predicted molar refractivity (Wildman–Crippen MR) is 90.5 cm³/mol. The van der Waals surface area contributed by atoms with Crippen molar-refractivity contribution in [2.75, 3.05) is 6.61 Å². The second-order valence-corrected chi connectivity index (χ2v) is 9.49. The molecule has 2 N–H and O–H groups in total. The van der Waals surface area contributed by atoms with Crippen molar-refractivity contribution < 1.29 is 10.2 Å². The van der Waals surface area contributed by atoms with E-state index in [2.05, 4.69) is 33.4 Å².